The molecule has 1 aliphatic heterocycles. The number of aromatic nitrogens is 1. The van der Waals surface area contributed by atoms with Gasteiger partial charge < -0.3 is 9.47 Å². The van der Waals surface area contributed by atoms with Gasteiger partial charge in [-0.25, -0.2) is 4.98 Å². The Kier molecular flexibility index (Phi) is 3.63. The van der Waals surface area contributed by atoms with Gasteiger partial charge in [0.2, 0.25) is 0 Å². The quantitative estimate of drug-likeness (QED) is 0.853. The van der Waals surface area contributed by atoms with E-state index in [0.717, 1.165) is 11.1 Å². The number of hydrogen-bond donors (Lipinski definition) is 0. The van der Waals surface area contributed by atoms with Crippen molar-refractivity contribution in [3.8, 4) is 11.5 Å². The molecule has 1 N–H and O–H groups in total. The molecule has 0 bridgehead atoms. The van der Waals surface area contributed by atoms with Crippen molar-refractivity contribution in [2.24, 2.45) is 0 Å². The van der Waals surface area contributed by atoms with Gasteiger partial charge >= 0.3 is 6.29 Å². The van der Waals surface area contributed by atoms with Crippen LogP contribution < -0.4 is 14.5 Å². The normalized spacial score (nSPS) is 15.2. The molecule has 0 spiro atoms. The van der Waals surface area contributed by atoms with Crippen LogP contribution in [0.1, 0.15) is 11.1 Å². The van der Waals surface area contributed by atoms with Gasteiger partial charge in [-0.3, -0.25) is 0 Å². The number of nitrogens with one attached hydrogen (secondary N) is 1. The van der Waals surface area contributed by atoms with E-state index in [9.17, 15) is 8.78 Å². The van der Waals surface area contributed by atoms with E-state index in [1.54, 1.807) is 18.5 Å². The first-order valence-corrected chi connectivity index (χ1v) is 6.93. The Hall–Kier alpha value is -1.59. The summed E-state index contributed by atoms with van der Waals surface area (Å²) >= 11 is 12.1. The van der Waals surface area contributed by atoms with Gasteiger partial charge in [-0.15, -0.1) is 8.78 Å². The van der Waals surface area contributed by atoms with Crippen molar-refractivity contribution in [3.63, 3.8) is 0 Å². The Balaban J connectivity index is 1.76. The van der Waals surface area contributed by atoms with Crippen LogP contribution >= 0.6 is 23.2 Å². The fourth-order valence-electron chi connectivity index (χ4n) is 2.13. The first-order chi connectivity index (χ1) is 9.94. The average Bonchev–Trinajstić information content (AvgIpc) is 2.71. The van der Waals surface area contributed by atoms with Gasteiger partial charge in [0.15, 0.2) is 23.9 Å². The Morgan fingerprint density at radius 2 is 1.67 bits per heavy atom. The molecule has 2 aromatic rings. The Morgan fingerprint density at radius 3 is 2.38 bits per heavy atom. The minimum Gasteiger partial charge on any atom is -0.395 e. The highest BCUT2D eigenvalue weighted by molar-refractivity contribution is 6.35. The molecule has 0 atom stereocenters. The first kappa shape index (κ1) is 14.4. The monoisotopic (exact) mass is 332 g/mol. The van der Waals surface area contributed by atoms with E-state index >= 15 is 0 Å². The van der Waals surface area contributed by atoms with Crippen LogP contribution in [0.2, 0.25) is 10.0 Å². The van der Waals surface area contributed by atoms with E-state index in [-0.39, 0.29) is 11.5 Å². The number of pyridine rings is 1. The molecule has 110 valence electrons. The van der Waals surface area contributed by atoms with Gasteiger partial charge in [-0.05, 0) is 30.5 Å². The molecule has 1 aromatic carbocycles. The maximum atomic E-state index is 12.9. The lowest BCUT2D eigenvalue weighted by molar-refractivity contribution is -0.377. The van der Waals surface area contributed by atoms with Crippen molar-refractivity contribution in [1.82, 2.24) is 0 Å². The fourth-order valence-corrected chi connectivity index (χ4v) is 2.70. The van der Waals surface area contributed by atoms with Crippen LogP contribution in [0.5, 0.6) is 11.5 Å². The highest BCUT2D eigenvalue weighted by atomic mass is 35.5. The van der Waals surface area contributed by atoms with Crippen LogP contribution in [0.15, 0.2) is 30.6 Å². The summed E-state index contributed by atoms with van der Waals surface area (Å²) in [5.74, 6) is 0.0743. The zero-order valence-electron chi connectivity index (χ0n) is 10.6. The van der Waals surface area contributed by atoms with Crippen LogP contribution in [0.25, 0.3) is 0 Å². The summed E-state index contributed by atoms with van der Waals surface area (Å²) < 4.78 is 34.7. The average molecular weight is 333 g/mol. The zero-order valence-corrected chi connectivity index (χ0v) is 12.1. The van der Waals surface area contributed by atoms with E-state index in [2.05, 4.69) is 14.5 Å². The number of fused-ring (bicyclic) bond motifs is 1. The summed E-state index contributed by atoms with van der Waals surface area (Å²) in [6, 6.07) is 4.71. The number of H-pyrrole nitrogens is 1. The molecule has 3 nitrogen and oxygen atoms in total. The van der Waals surface area contributed by atoms with E-state index in [1.807, 2.05) is 0 Å². The standard InChI is InChI=1S/C14H9Cl2F2NO2/c15-10-6-19-7-11(16)9(10)3-1-8-2-4-12-13(5-8)21-14(17,18)20-12/h2,4-7H,1,3H2/p+1. The summed E-state index contributed by atoms with van der Waals surface area (Å²) in [5, 5.41) is 1.07. The number of benzene rings is 1. The van der Waals surface area contributed by atoms with Crippen molar-refractivity contribution in [2.75, 3.05) is 0 Å². The molecule has 0 amide bonds. The van der Waals surface area contributed by atoms with Gasteiger partial charge in [-0.1, -0.05) is 29.3 Å². The van der Waals surface area contributed by atoms with Crippen LogP contribution in [-0.2, 0) is 12.8 Å². The molecule has 0 saturated heterocycles. The second-order valence-electron chi connectivity index (χ2n) is 4.58. The number of rotatable bonds is 3. The molecule has 0 radical (unpaired) electrons. The molecular formula is C14H10Cl2F2NO2+. The van der Waals surface area contributed by atoms with E-state index in [4.69, 9.17) is 23.2 Å². The first-order valence-electron chi connectivity index (χ1n) is 6.17. The van der Waals surface area contributed by atoms with Crippen molar-refractivity contribution < 1.29 is 23.2 Å². The van der Waals surface area contributed by atoms with Crippen molar-refractivity contribution >= 4 is 23.2 Å². The SMILES string of the molecule is FC1(F)Oc2ccc(CCc3c(Cl)c[nH+]cc3Cl)cc2O1. The van der Waals surface area contributed by atoms with Gasteiger partial charge in [0.05, 0.1) is 0 Å². The topological polar surface area (TPSA) is 32.6 Å². The zero-order chi connectivity index (χ0) is 15.0. The number of alkyl halides is 2. The van der Waals surface area contributed by atoms with Gasteiger partial charge in [0.1, 0.15) is 10.0 Å². The van der Waals surface area contributed by atoms with Crippen LogP contribution in [0, 0.1) is 0 Å². The molecule has 0 saturated carbocycles. The molecule has 7 heteroatoms. The van der Waals surface area contributed by atoms with E-state index in [0.29, 0.717) is 22.9 Å². The summed E-state index contributed by atoms with van der Waals surface area (Å²) in [5.41, 5.74) is 1.63. The summed E-state index contributed by atoms with van der Waals surface area (Å²) in [6.07, 6.45) is 0.864. The van der Waals surface area contributed by atoms with E-state index in [1.165, 1.54) is 12.1 Å². The van der Waals surface area contributed by atoms with Gasteiger partial charge in [-0.2, -0.15) is 0 Å². The number of ether oxygens (including phenoxy) is 2. The summed E-state index contributed by atoms with van der Waals surface area (Å²) in [4.78, 5) is 2.83. The number of hydrogen-bond acceptors (Lipinski definition) is 2. The third kappa shape index (κ3) is 3.04. The molecule has 1 aromatic heterocycles. The Bertz CT molecular complexity index is 674. The minimum atomic E-state index is -3.59. The molecular weight excluding hydrogens is 323 g/mol. The molecule has 0 unspecified atom stereocenters. The van der Waals surface area contributed by atoms with Gasteiger partial charge in [0.25, 0.3) is 0 Å². The highest BCUT2D eigenvalue weighted by Gasteiger charge is 2.43. The summed E-state index contributed by atoms with van der Waals surface area (Å²) in [6.45, 7) is 0. The lowest BCUT2D eigenvalue weighted by Gasteiger charge is -2.05. The minimum absolute atomic E-state index is 0.0362. The second kappa shape index (κ2) is 5.31. The Labute approximate surface area is 129 Å². The van der Waals surface area contributed by atoms with Crippen LogP contribution in [0.3, 0.4) is 0 Å². The van der Waals surface area contributed by atoms with Crippen LogP contribution in [0.4, 0.5) is 8.78 Å². The third-order valence-electron chi connectivity index (χ3n) is 3.13. The molecule has 0 aliphatic carbocycles. The second-order valence-corrected chi connectivity index (χ2v) is 5.39. The number of aryl methyl sites for hydroxylation is 1. The maximum absolute atomic E-state index is 12.9. The maximum Gasteiger partial charge on any atom is 0.586 e. The lowest BCUT2D eigenvalue weighted by Crippen LogP contribution is -2.25. The molecule has 0 fully saturated rings. The number of aromatic amines is 1. The highest BCUT2D eigenvalue weighted by Crippen LogP contribution is 2.41. The lowest BCUT2D eigenvalue weighted by atomic mass is 10.0. The molecule has 3 rings (SSSR count). The van der Waals surface area contributed by atoms with Crippen molar-refractivity contribution in [2.45, 2.75) is 19.1 Å². The fraction of sp³-hybridized carbons (Fsp3) is 0.214. The molecule has 2 heterocycles. The van der Waals surface area contributed by atoms with Crippen LogP contribution in [-0.4, -0.2) is 6.29 Å². The largest absolute Gasteiger partial charge is 0.586 e. The molecule has 21 heavy (non-hydrogen) atoms. The number of halogens is 4. The van der Waals surface area contributed by atoms with E-state index < -0.39 is 6.29 Å². The molecule has 1 aliphatic rings. The smallest absolute Gasteiger partial charge is 0.395 e. The summed E-state index contributed by atoms with van der Waals surface area (Å²) in [7, 11) is 0. The van der Waals surface area contributed by atoms with Crippen molar-refractivity contribution in [1.29, 1.82) is 0 Å². The third-order valence-corrected chi connectivity index (χ3v) is 3.80. The predicted molar refractivity (Wildman–Crippen MR) is 73.1 cm³/mol. The van der Waals surface area contributed by atoms with Gasteiger partial charge in [0, 0.05) is 5.56 Å². The van der Waals surface area contributed by atoms with Crippen molar-refractivity contribution in [3.05, 3.63) is 51.8 Å². The predicted octanol–water partition coefficient (Wildman–Crippen LogP) is 3.91. The Morgan fingerprint density at radius 1 is 1.00 bits per heavy atom.